The Morgan fingerprint density at radius 3 is 2.00 bits per heavy atom. The van der Waals surface area contributed by atoms with Crippen LogP contribution in [0.25, 0.3) is 0 Å². The van der Waals surface area contributed by atoms with Crippen LogP contribution in [0.5, 0.6) is 0 Å². The van der Waals surface area contributed by atoms with Gasteiger partial charge >= 0.3 is 6.18 Å². The van der Waals surface area contributed by atoms with Crippen LogP contribution in [0.2, 0.25) is 0 Å². The molecule has 15 heavy (non-hydrogen) atoms. The minimum absolute atomic E-state index is 0.226. The van der Waals surface area contributed by atoms with Crippen LogP contribution in [0.1, 0.15) is 11.1 Å². The summed E-state index contributed by atoms with van der Waals surface area (Å²) in [5, 5.41) is 9.48. The van der Waals surface area contributed by atoms with Gasteiger partial charge in [-0.1, -0.05) is 36.4 Å². The first-order chi connectivity index (χ1) is 6.81. The molecule has 0 saturated carbocycles. The molecule has 0 spiro atoms. The molecule has 1 aromatic carbocycles. The molecule has 0 fully saturated rings. The third-order valence-electron chi connectivity index (χ3n) is 2.22. The zero-order chi connectivity index (χ0) is 11.7. The lowest BCUT2D eigenvalue weighted by Gasteiger charge is -2.27. The van der Waals surface area contributed by atoms with Gasteiger partial charge in [-0.15, -0.1) is 0 Å². The van der Waals surface area contributed by atoms with Crippen LogP contribution in [0.4, 0.5) is 13.2 Å². The molecule has 0 radical (unpaired) electrons. The molecule has 0 aliphatic rings. The molecule has 0 saturated heterocycles. The smallest absolute Gasteiger partial charge is 0.373 e. The molecule has 0 bridgehead atoms. The Hall–Kier alpha value is -1.29. The van der Waals surface area contributed by atoms with E-state index in [1.807, 2.05) is 0 Å². The summed E-state index contributed by atoms with van der Waals surface area (Å²) in [6.07, 6.45) is -4.26. The second kappa shape index (κ2) is 3.70. The highest BCUT2D eigenvalue weighted by molar-refractivity contribution is 5.31. The number of alkyl halides is 3. The first-order valence-electron chi connectivity index (χ1n) is 4.31. The summed E-state index contributed by atoms with van der Waals surface area (Å²) < 4.78 is 37.7. The van der Waals surface area contributed by atoms with Gasteiger partial charge < -0.3 is 5.11 Å². The predicted octanol–water partition coefficient (Wildman–Crippen LogP) is 2.93. The Balaban J connectivity index is 3.24. The lowest BCUT2D eigenvalue weighted by Crippen LogP contribution is -2.40. The molecular weight excluding hydrogens is 205 g/mol. The summed E-state index contributed by atoms with van der Waals surface area (Å²) in [6, 6.07) is 5.50. The largest absolute Gasteiger partial charge is 0.425 e. The van der Waals surface area contributed by atoms with Gasteiger partial charge in [0.25, 0.3) is 0 Å². The van der Waals surface area contributed by atoms with Crippen LogP contribution in [0, 0.1) is 6.92 Å². The Bertz CT molecular complexity index is 353. The van der Waals surface area contributed by atoms with Gasteiger partial charge in [-0.2, -0.15) is 13.2 Å². The van der Waals surface area contributed by atoms with Crippen molar-refractivity contribution in [2.45, 2.75) is 18.7 Å². The number of aryl methyl sites for hydroxylation is 1. The zero-order valence-electron chi connectivity index (χ0n) is 8.17. The zero-order valence-corrected chi connectivity index (χ0v) is 8.17. The predicted molar refractivity (Wildman–Crippen MR) is 51.3 cm³/mol. The maximum atomic E-state index is 12.6. The molecule has 1 aromatic rings. The van der Waals surface area contributed by atoms with E-state index >= 15 is 0 Å². The van der Waals surface area contributed by atoms with Crippen LogP contribution in [0.15, 0.2) is 36.9 Å². The van der Waals surface area contributed by atoms with Gasteiger partial charge in [-0.05, 0) is 18.6 Å². The Morgan fingerprint density at radius 1 is 1.20 bits per heavy atom. The number of aliphatic hydroxyl groups is 1. The van der Waals surface area contributed by atoms with Crippen LogP contribution >= 0.6 is 0 Å². The van der Waals surface area contributed by atoms with Crippen molar-refractivity contribution >= 4 is 0 Å². The van der Waals surface area contributed by atoms with E-state index in [-0.39, 0.29) is 5.56 Å². The highest BCUT2D eigenvalue weighted by atomic mass is 19.4. The van der Waals surface area contributed by atoms with Gasteiger partial charge in [-0.3, -0.25) is 0 Å². The Morgan fingerprint density at radius 2 is 1.67 bits per heavy atom. The lowest BCUT2D eigenvalue weighted by atomic mass is 9.93. The molecule has 82 valence electrons. The summed E-state index contributed by atoms with van der Waals surface area (Å²) in [5.41, 5.74) is -2.37. The number of rotatable bonds is 2. The fraction of sp³-hybridized carbons (Fsp3) is 0.273. The van der Waals surface area contributed by atoms with E-state index in [0.717, 1.165) is 5.56 Å². The first-order valence-corrected chi connectivity index (χ1v) is 4.31. The van der Waals surface area contributed by atoms with Crippen molar-refractivity contribution in [3.05, 3.63) is 48.0 Å². The summed E-state index contributed by atoms with van der Waals surface area (Å²) >= 11 is 0. The lowest BCUT2D eigenvalue weighted by molar-refractivity contribution is -0.245. The van der Waals surface area contributed by atoms with Gasteiger partial charge in [0.1, 0.15) is 0 Å². The van der Waals surface area contributed by atoms with Crippen LogP contribution < -0.4 is 0 Å². The van der Waals surface area contributed by atoms with Gasteiger partial charge in [0.05, 0.1) is 0 Å². The highest BCUT2D eigenvalue weighted by Crippen LogP contribution is 2.39. The van der Waals surface area contributed by atoms with Crippen molar-refractivity contribution in [2.24, 2.45) is 0 Å². The average molecular weight is 216 g/mol. The number of halogens is 3. The van der Waals surface area contributed by atoms with Crippen molar-refractivity contribution < 1.29 is 18.3 Å². The van der Waals surface area contributed by atoms with Crippen LogP contribution in [0.3, 0.4) is 0 Å². The van der Waals surface area contributed by atoms with Gasteiger partial charge in [0.15, 0.2) is 0 Å². The number of hydrogen-bond acceptors (Lipinski definition) is 1. The van der Waals surface area contributed by atoms with E-state index in [4.69, 9.17) is 0 Å². The molecule has 0 heterocycles. The fourth-order valence-electron chi connectivity index (χ4n) is 1.20. The third-order valence-corrected chi connectivity index (χ3v) is 2.22. The minimum atomic E-state index is -4.76. The Labute approximate surface area is 85.9 Å². The standard InChI is InChI=1S/C11H11F3O/c1-3-10(15,11(12,13)14)9-6-4-8(2)5-7-9/h3-7,15H,1H2,2H3/t10-/m0/s1. The molecular formula is C11H11F3O. The maximum Gasteiger partial charge on any atom is 0.425 e. The number of benzene rings is 1. The summed E-state index contributed by atoms with van der Waals surface area (Å²) in [4.78, 5) is 0. The van der Waals surface area contributed by atoms with E-state index < -0.39 is 11.8 Å². The quantitative estimate of drug-likeness (QED) is 0.753. The molecule has 1 N–H and O–H groups in total. The summed E-state index contributed by atoms with van der Waals surface area (Å²) in [6.45, 7) is 4.78. The fourth-order valence-corrected chi connectivity index (χ4v) is 1.20. The Kier molecular flexibility index (Phi) is 2.90. The van der Waals surface area contributed by atoms with Crippen molar-refractivity contribution in [1.82, 2.24) is 0 Å². The second-order valence-corrected chi connectivity index (χ2v) is 3.33. The molecule has 4 heteroatoms. The average Bonchev–Trinajstić information content (AvgIpc) is 2.16. The number of hydrogen-bond donors (Lipinski definition) is 1. The maximum absolute atomic E-state index is 12.6. The van der Waals surface area contributed by atoms with Crippen molar-refractivity contribution in [1.29, 1.82) is 0 Å². The summed E-state index contributed by atoms with van der Waals surface area (Å²) in [7, 11) is 0. The molecule has 1 rings (SSSR count). The normalized spacial score (nSPS) is 15.8. The molecule has 0 aliphatic heterocycles. The molecule has 0 aliphatic carbocycles. The van der Waals surface area contributed by atoms with Crippen LogP contribution in [-0.4, -0.2) is 11.3 Å². The van der Waals surface area contributed by atoms with Crippen molar-refractivity contribution in [2.75, 3.05) is 0 Å². The van der Waals surface area contributed by atoms with Gasteiger partial charge in [-0.25, -0.2) is 0 Å². The molecule has 1 nitrogen and oxygen atoms in total. The monoisotopic (exact) mass is 216 g/mol. The highest BCUT2D eigenvalue weighted by Gasteiger charge is 2.52. The SMILES string of the molecule is C=C[C@](O)(c1ccc(C)cc1)C(F)(F)F. The molecule has 1 atom stereocenters. The van der Waals surface area contributed by atoms with Crippen LogP contribution in [-0.2, 0) is 5.60 Å². The second-order valence-electron chi connectivity index (χ2n) is 3.33. The van der Waals surface area contributed by atoms with Crippen molar-refractivity contribution in [3.8, 4) is 0 Å². The van der Waals surface area contributed by atoms with Gasteiger partial charge in [0.2, 0.25) is 5.60 Å². The molecule has 0 aromatic heterocycles. The van der Waals surface area contributed by atoms with E-state index in [1.165, 1.54) is 24.3 Å². The van der Waals surface area contributed by atoms with Gasteiger partial charge in [0, 0.05) is 0 Å². The molecule has 0 unspecified atom stereocenters. The van der Waals surface area contributed by atoms with E-state index in [2.05, 4.69) is 6.58 Å². The molecule has 0 amide bonds. The van der Waals surface area contributed by atoms with E-state index in [9.17, 15) is 18.3 Å². The van der Waals surface area contributed by atoms with Crippen molar-refractivity contribution in [3.63, 3.8) is 0 Å². The minimum Gasteiger partial charge on any atom is -0.373 e. The third kappa shape index (κ3) is 2.04. The van der Waals surface area contributed by atoms with E-state index in [0.29, 0.717) is 6.08 Å². The summed E-state index contributed by atoms with van der Waals surface area (Å²) in [5.74, 6) is 0. The van der Waals surface area contributed by atoms with E-state index in [1.54, 1.807) is 6.92 Å². The first kappa shape index (κ1) is 11.8. The topological polar surface area (TPSA) is 20.2 Å².